The van der Waals surface area contributed by atoms with E-state index in [0.717, 1.165) is 22.9 Å². The van der Waals surface area contributed by atoms with Gasteiger partial charge in [0.1, 0.15) is 0 Å². The topological polar surface area (TPSA) is 79.5 Å². The first-order valence-electron chi connectivity index (χ1n) is 7.80. The molecule has 0 aromatic heterocycles. The Kier molecular flexibility index (Phi) is 7.63. The van der Waals surface area contributed by atoms with Crippen LogP contribution in [0, 0.1) is 0 Å². The van der Waals surface area contributed by atoms with Crippen LogP contribution in [0.5, 0.6) is 0 Å². The van der Waals surface area contributed by atoms with E-state index in [1.165, 1.54) is 4.90 Å². The van der Waals surface area contributed by atoms with E-state index in [0.29, 0.717) is 18.1 Å². The number of carbonyl (C=O) groups excluding carboxylic acids is 1. The van der Waals surface area contributed by atoms with Gasteiger partial charge in [-0.25, -0.2) is 0 Å². The number of primary amides is 1. The van der Waals surface area contributed by atoms with Crippen molar-refractivity contribution in [2.45, 2.75) is 11.4 Å². The van der Waals surface area contributed by atoms with Crippen molar-refractivity contribution in [1.82, 2.24) is 10.6 Å². The summed E-state index contributed by atoms with van der Waals surface area (Å²) < 4.78 is 0. The van der Waals surface area contributed by atoms with E-state index >= 15 is 0 Å². The lowest BCUT2D eigenvalue weighted by atomic mass is 10.1. The Bertz CT molecular complexity index is 734. The van der Waals surface area contributed by atoms with Crippen LogP contribution in [0.25, 0.3) is 0 Å². The van der Waals surface area contributed by atoms with Crippen LogP contribution >= 0.6 is 23.4 Å². The van der Waals surface area contributed by atoms with Gasteiger partial charge in [0.2, 0.25) is 5.91 Å². The molecule has 5 nitrogen and oxygen atoms in total. The highest BCUT2D eigenvalue weighted by Gasteiger charge is 2.03. The molecule has 0 bridgehead atoms. The fourth-order valence-electron chi connectivity index (χ4n) is 2.11. The van der Waals surface area contributed by atoms with Gasteiger partial charge < -0.3 is 16.4 Å². The summed E-state index contributed by atoms with van der Waals surface area (Å²) in [6, 6.07) is 15.0. The predicted octanol–water partition coefficient (Wildman–Crippen LogP) is 2.90. The van der Waals surface area contributed by atoms with Crippen LogP contribution in [0.1, 0.15) is 15.9 Å². The van der Waals surface area contributed by atoms with E-state index in [1.54, 1.807) is 30.9 Å². The quantitative estimate of drug-likeness (QED) is 0.300. The molecule has 2 aromatic rings. The summed E-state index contributed by atoms with van der Waals surface area (Å²) in [5.74, 6) is 1.18. The third-order valence-corrected chi connectivity index (χ3v) is 4.64. The molecule has 132 valence electrons. The average Bonchev–Trinajstić information content (AvgIpc) is 2.63. The summed E-state index contributed by atoms with van der Waals surface area (Å²) in [5, 5.41) is 7.22. The van der Waals surface area contributed by atoms with Crippen LogP contribution in [0.2, 0.25) is 5.02 Å². The number of hydrogen-bond acceptors (Lipinski definition) is 3. The van der Waals surface area contributed by atoms with Gasteiger partial charge in [0.05, 0.1) is 0 Å². The van der Waals surface area contributed by atoms with Gasteiger partial charge in [-0.1, -0.05) is 23.7 Å². The molecule has 0 atom stereocenters. The number of aliphatic imine (C=N–C) groups is 1. The van der Waals surface area contributed by atoms with E-state index < -0.39 is 5.91 Å². The van der Waals surface area contributed by atoms with Crippen LogP contribution in [0.3, 0.4) is 0 Å². The Balaban J connectivity index is 1.74. The molecule has 1 amide bonds. The Morgan fingerprint density at radius 3 is 2.64 bits per heavy atom. The smallest absolute Gasteiger partial charge is 0.248 e. The zero-order valence-corrected chi connectivity index (χ0v) is 15.5. The molecular formula is C18H21ClN4OS. The molecule has 4 N–H and O–H groups in total. The zero-order chi connectivity index (χ0) is 18.1. The SMILES string of the molecule is CN=C(NCCSc1ccc(Cl)cc1)NCc1cccc(C(N)=O)c1. The summed E-state index contributed by atoms with van der Waals surface area (Å²) in [6.07, 6.45) is 0. The molecule has 0 fully saturated rings. The molecular weight excluding hydrogens is 356 g/mol. The zero-order valence-electron chi connectivity index (χ0n) is 14.0. The van der Waals surface area contributed by atoms with Crippen molar-refractivity contribution in [3.63, 3.8) is 0 Å². The highest BCUT2D eigenvalue weighted by Crippen LogP contribution is 2.19. The lowest BCUT2D eigenvalue weighted by Crippen LogP contribution is -2.38. The van der Waals surface area contributed by atoms with Crippen molar-refractivity contribution in [2.24, 2.45) is 10.7 Å². The number of halogens is 1. The first-order valence-corrected chi connectivity index (χ1v) is 9.16. The van der Waals surface area contributed by atoms with Crippen molar-refractivity contribution < 1.29 is 4.79 Å². The van der Waals surface area contributed by atoms with E-state index in [9.17, 15) is 4.79 Å². The molecule has 7 heteroatoms. The number of carbonyl (C=O) groups is 1. The summed E-state index contributed by atoms with van der Waals surface area (Å²) >= 11 is 7.62. The maximum atomic E-state index is 11.2. The summed E-state index contributed by atoms with van der Waals surface area (Å²) in [4.78, 5) is 16.6. The molecule has 0 heterocycles. The van der Waals surface area contributed by atoms with Crippen LogP contribution in [-0.4, -0.2) is 31.2 Å². The Morgan fingerprint density at radius 1 is 1.20 bits per heavy atom. The number of thioether (sulfide) groups is 1. The molecule has 0 spiro atoms. The number of amides is 1. The number of benzene rings is 2. The Hall–Kier alpha value is -2.18. The molecule has 25 heavy (non-hydrogen) atoms. The van der Waals surface area contributed by atoms with Crippen LogP contribution in [0.15, 0.2) is 58.4 Å². The molecule has 0 saturated heterocycles. The van der Waals surface area contributed by atoms with Gasteiger partial charge >= 0.3 is 0 Å². The minimum Gasteiger partial charge on any atom is -0.366 e. The molecule has 0 radical (unpaired) electrons. The number of rotatable bonds is 7. The lowest BCUT2D eigenvalue weighted by Gasteiger charge is -2.12. The van der Waals surface area contributed by atoms with Gasteiger partial charge in [-0.3, -0.25) is 9.79 Å². The van der Waals surface area contributed by atoms with Crippen LogP contribution in [0.4, 0.5) is 0 Å². The van der Waals surface area contributed by atoms with Gasteiger partial charge in [-0.2, -0.15) is 0 Å². The van der Waals surface area contributed by atoms with Gasteiger partial charge in [0.15, 0.2) is 5.96 Å². The standard InChI is InChI=1S/C18H21ClN4OS/c1-21-18(22-9-10-25-16-7-5-15(19)6-8-16)23-12-13-3-2-4-14(11-13)17(20)24/h2-8,11H,9-10,12H2,1H3,(H2,20,24)(H2,21,22,23). The number of nitrogens with one attached hydrogen (secondary N) is 2. The second kappa shape index (κ2) is 9.96. The summed E-state index contributed by atoms with van der Waals surface area (Å²) in [6.45, 7) is 1.33. The van der Waals surface area contributed by atoms with Crippen LogP contribution < -0.4 is 16.4 Å². The first kappa shape index (κ1) is 19.1. The molecule has 0 aliphatic carbocycles. The normalized spacial score (nSPS) is 11.2. The van der Waals surface area contributed by atoms with Crippen molar-refractivity contribution in [3.05, 3.63) is 64.7 Å². The number of guanidine groups is 1. The number of nitrogens with zero attached hydrogens (tertiary/aromatic N) is 1. The second-order valence-electron chi connectivity index (χ2n) is 5.22. The first-order chi connectivity index (χ1) is 12.1. The Morgan fingerprint density at radius 2 is 1.96 bits per heavy atom. The van der Waals surface area contributed by atoms with E-state index in [-0.39, 0.29) is 0 Å². The van der Waals surface area contributed by atoms with Gasteiger partial charge in [0.25, 0.3) is 0 Å². The number of nitrogens with two attached hydrogens (primary N) is 1. The molecule has 2 rings (SSSR count). The van der Waals surface area contributed by atoms with E-state index in [2.05, 4.69) is 15.6 Å². The van der Waals surface area contributed by atoms with Gasteiger partial charge in [0, 0.05) is 41.4 Å². The van der Waals surface area contributed by atoms with Crippen molar-refractivity contribution >= 4 is 35.2 Å². The highest BCUT2D eigenvalue weighted by molar-refractivity contribution is 7.99. The minimum absolute atomic E-state index is 0.427. The van der Waals surface area contributed by atoms with Crippen molar-refractivity contribution in [2.75, 3.05) is 19.3 Å². The predicted molar refractivity (Wildman–Crippen MR) is 105 cm³/mol. The fraction of sp³-hybridized carbons (Fsp3) is 0.222. The van der Waals surface area contributed by atoms with Crippen molar-refractivity contribution in [1.29, 1.82) is 0 Å². The molecule has 0 saturated carbocycles. The maximum Gasteiger partial charge on any atom is 0.248 e. The lowest BCUT2D eigenvalue weighted by molar-refractivity contribution is 0.1000. The average molecular weight is 377 g/mol. The monoisotopic (exact) mass is 376 g/mol. The van der Waals surface area contributed by atoms with Crippen molar-refractivity contribution in [3.8, 4) is 0 Å². The second-order valence-corrected chi connectivity index (χ2v) is 6.82. The minimum atomic E-state index is -0.427. The summed E-state index contributed by atoms with van der Waals surface area (Å²) in [5.41, 5.74) is 6.77. The third kappa shape index (κ3) is 6.68. The summed E-state index contributed by atoms with van der Waals surface area (Å²) in [7, 11) is 1.72. The van der Waals surface area contributed by atoms with Crippen LogP contribution in [-0.2, 0) is 6.54 Å². The highest BCUT2D eigenvalue weighted by atomic mass is 35.5. The van der Waals surface area contributed by atoms with E-state index in [1.807, 2.05) is 36.4 Å². The maximum absolute atomic E-state index is 11.2. The molecule has 0 aliphatic heterocycles. The van der Waals surface area contributed by atoms with Gasteiger partial charge in [-0.15, -0.1) is 11.8 Å². The van der Waals surface area contributed by atoms with E-state index in [4.69, 9.17) is 17.3 Å². The largest absolute Gasteiger partial charge is 0.366 e. The fourth-order valence-corrected chi connectivity index (χ4v) is 3.00. The molecule has 0 unspecified atom stereocenters. The Labute approximate surface area is 157 Å². The third-order valence-electron chi connectivity index (χ3n) is 3.37. The molecule has 0 aliphatic rings. The molecule has 2 aromatic carbocycles. The van der Waals surface area contributed by atoms with Gasteiger partial charge in [-0.05, 0) is 42.0 Å². The number of hydrogen-bond donors (Lipinski definition) is 3.